The topological polar surface area (TPSA) is 71.5 Å². The highest BCUT2D eigenvalue weighted by Crippen LogP contribution is 2.56. The number of halogens is 3. The summed E-state index contributed by atoms with van der Waals surface area (Å²) in [6.45, 7) is 4.15. The monoisotopic (exact) mass is 608 g/mol. The number of benzene rings is 2. The third kappa shape index (κ3) is 5.50. The number of anilines is 1. The molecule has 0 saturated heterocycles. The van der Waals surface area contributed by atoms with Gasteiger partial charge in [0, 0.05) is 34.6 Å². The van der Waals surface area contributed by atoms with Crippen molar-refractivity contribution in [3.8, 4) is 5.75 Å². The first-order valence-corrected chi connectivity index (χ1v) is 15.7. The number of hydrogen-bond donors (Lipinski definition) is 2. The Kier molecular flexibility index (Phi) is 7.91. The number of hydrogen-bond acceptors (Lipinski definition) is 4. The number of carboxylic acid groups (broad SMARTS) is 1. The number of nitrogens with one attached hydrogen (secondary N) is 1. The summed E-state index contributed by atoms with van der Waals surface area (Å²) in [7, 11) is 0. The maximum atomic E-state index is 14.6. The van der Waals surface area contributed by atoms with E-state index in [0.29, 0.717) is 53.1 Å². The van der Waals surface area contributed by atoms with Crippen LogP contribution in [0, 0.1) is 11.8 Å². The molecular formula is C35H39ClF2N2O3. The van der Waals surface area contributed by atoms with Crippen LogP contribution in [0.3, 0.4) is 0 Å². The molecule has 6 rings (SSSR count). The molecule has 3 aliphatic carbocycles. The lowest BCUT2D eigenvalue weighted by Crippen LogP contribution is -2.53. The largest absolute Gasteiger partial charge is 0.493 e. The maximum absolute atomic E-state index is 14.6. The maximum Gasteiger partial charge on any atom is 0.329 e. The molecule has 5 nitrogen and oxygen atoms in total. The number of alkyl halides is 2. The number of carboxylic acids is 1. The van der Waals surface area contributed by atoms with Crippen LogP contribution in [0.2, 0.25) is 5.02 Å². The standard InChI is InChI=1S/C35H39ClF2N2O3/c1-22(21-43-30-11-17-39-29-10-12-35(37,38)23(2)31(29)30)18-25-19-24-6-3-4-9-28(24)33(25)13-15-34(16-14-33,32(41)42)40-27-8-5-7-26(36)20-27/h3-9,11,17,20,22-23,25,40H,10,12-16,18-19,21H2,1-2H3,(H,41,42)/t22-,23+,25+,33?,34?/m1/s1. The van der Waals surface area contributed by atoms with E-state index in [1.165, 1.54) is 11.1 Å². The predicted octanol–water partition coefficient (Wildman–Crippen LogP) is 8.44. The number of aliphatic carboxylic acids is 1. The Morgan fingerprint density at radius 3 is 2.63 bits per heavy atom. The minimum atomic E-state index is -2.77. The van der Waals surface area contributed by atoms with Gasteiger partial charge in [-0.05, 0) is 97.6 Å². The van der Waals surface area contributed by atoms with Gasteiger partial charge in [0.15, 0.2) is 0 Å². The molecule has 0 unspecified atom stereocenters. The zero-order chi connectivity index (χ0) is 30.4. The van der Waals surface area contributed by atoms with Gasteiger partial charge in [-0.3, -0.25) is 4.98 Å². The Bertz CT molecular complexity index is 1500. The minimum Gasteiger partial charge on any atom is -0.493 e. The lowest BCUT2D eigenvalue weighted by atomic mass is 9.59. The van der Waals surface area contributed by atoms with Crippen LogP contribution in [0.25, 0.3) is 0 Å². The second kappa shape index (κ2) is 11.4. The Labute approximate surface area is 257 Å². The summed E-state index contributed by atoms with van der Waals surface area (Å²) in [6, 6.07) is 17.5. The fourth-order valence-electron chi connectivity index (χ4n) is 7.99. The van der Waals surface area contributed by atoms with Crippen LogP contribution in [0.4, 0.5) is 14.5 Å². The zero-order valence-corrected chi connectivity index (χ0v) is 25.5. The summed E-state index contributed by atoms with van der Waals surface area (Å²) in [6.07, 6.45) is 6.08. The summed E-state index contributed by atoms with van der Waals surface area (Å²) < 4.78 is 35.4. The van der Waals surface area contributed by atoms with E-state index in [-0.39, 0.29) is 24.2 Å². The van der Waals surface area contributed by atoms with Gasteiger partial charge in [-0.1, -0.05) is 55.8 Å². The highest BCUT2D eigenvalue weighted by molar-refractivity contribution is 6.30. The Hall–Kier alpha value is -3.19. The van der Waals surface area contributed by atoms with Gasteiger partial charge < -0.3 is 15.2 Å². The first-order chi connectivity index (χ1) is 20.5. The van der Waals surface area contributed by atoms with E-state index in [1.54, 1.807) is 31.3 Å². The number of aromatic nitrogens is 1. The number of pyridine rings is 1. The van der Waals surface area contributed by atoms with E-state index in [2.05, 4.69) is 41.5 Å². The first-order valence-electron chi connectivity index (χ1n) is 15.4. The van der Waals surface area contributed by atoms with Crippen LogP contribution in [0.15, 0.2) is 60.8 Å². The van der Waals surface area contributed by atoms with Gasteiger partial charge in [0.05, 0.1) is 12.5 Å². The molecule has 0 aliphatic heterocycles. The molecule has 3 aliphatic rings. The summed E-state index contributed by atoms with van der Waals surface area (Å²) in [5.74, 6) is -3.52. The molecule has 2 N–H and O–H groups in total. The van der Waals surface area contributed by atoms with Gasteiger partial charge in [-0.15, -0.1) is 0 Å². The molecule has 2 aromatic carbocycles. The number of fused-ring (bicyclic) bond motifs is 3. The molecule has 0 radical (unpaired) electrons. The Balaban J connectivity index is 1.19. The van der Waals surface area contributed by atoms with Crippen molar-refractivity contribution in [2.24, 2.45) is 11.8 Å². The smallest absolute Gasteiger partial charge is 0.329 e. The Morgan fingerprint density at radius 2 is 1.88 bits per heavy atom. The fraction of sp³-hybridized carbons (Fsp3) is 0.486. The van der Waals surface area contributed by atoms with Crippen LogP contribution < -0.4 is 10.1 Å². The summed E-state index contributed by atoms with van der Waals surface area (Å²) in [4.78, 5) is 17.1. The van der Waals surface area contributed by atoms with Crippen molar-refractivity contribution in [1.82, 2.24) is 4.98 Å². The zero-order valence-electron chi connectivity index (χ0n) is 24.7. The van der Waals surface area contributed by atoms with Crippen LogP contribution >= 0.6 is 11.6 Å². The molecule has 1 fully saturated rings. The lowest BCUT2D eigenvalue weighted by molar-refractivity contribution is -0.144. The number of aryl methyl sites for hydroxylation is 1. The molecular weight excluding hydrogens is 570 g/mol. The van der Waals surface area contributed by atoms with Crippen molar-refractivity contribution in [1.29, 1.82) is 0 Å². The number of ether oxygens (including phenoxy) is 1. The second-order valence-electron chi connectivity index (χ2n) is 13.0. The summed E-state index contributed by atoms with van der Waals surface area (Å²) in [5, 5.41) is 14.3. The SMILES string of the molecule is C[C@@H](COc1ccnc2c1[C@H](C)C(F)(F)CC2)C[C@H]1Cc2ccccc2C12CCC(Nc1cccc(Cl)c1)(C(=O)O)CC2. The van der Waals surface area contributed by atoms with Crippen LogP contribution in [0.1, 0.15) is 80.7 Å². The molecule has 1 heterocycles. The molecule has 3 atom stereocenters. The Morgan fingerprint density at radius 1 is 1.12 bits per heavy atom. The van der Waals surface area contributed by atoms with E-state index in [9.17, 15) is 18.7 Å². The molecule has 3 aromatic rings. The minimum absolute atomic E-state index is 0.119. The van der Waals surface area contributed by atoms with Crippen molar-refractivity contribution in [3.05, 3.63) is 88.2 Å². The van der Waals surface area contributed by atoms with Gasteiger partial charge in [-0.2, -0.15) is 0 Å². The van der Waals surface area contributed by atoms with Crippen molar-refractivity contribution >= 4 is 23.3 Å². The first kappa shape index (κ1) is 29.9. The van der Waals surface area contributed by atoms with Crippen LogP contribution in [-0.2, 0) is 23.1 Å². The van der Waals surface area contributed by atoms with Crippen molar-refractivity contribution < 1.29 is 23.4 Å². The average Bonchev–Trinajstić information content (AvgIpc) is 3.27. The van der Waals surface area contributed by atoms with Crippen LogP contribution in [-0.4, -0.2) is 34.1 Å². The predicted molar refractivity (Wildman–Crippen MR) is 164 cm³/mol. The molecule has 1 aromatic heterocycles. The van der Waals surface area contributed by atoms with Gasteiger partial charge >= 0.3 is 5.97 Å². The molecule has 0 bridgehead atoms. The number of rotatable bonds is 8. The second-order valence-corrected chi connectivity index (χ2v) is 13.5. The number of nitrogens with zero attached hydrogens (tertiary/aromatic N) is 1. The van der Waals surface area contributed by atoms with Gasteiger partial charge in [-0.25, -0.2) is 13.6 Å². The molecule has 0 amide bonds. The van der Waals surface area contributed by atoms with Gasteiger partial charge in [0.2, 0.25) is 0 Å². The molecule has 1 saturated carbocycles. The van der Waals surface area contributed by atoms with Crippen LogP contribution in [0.5, 0.6) is 5.75 Å². The molecule has 1 spiro atoms. The quantitative estimate of drug-likeness (QED) is 0.268. The lowest BCUT2D eigenvalue weighted by Gasteiger charge is -2.47. The summed E-state index contributed by atoms with van der Waals surface area (Å²) >= 11 is 6.19. The highest BCUT2D eigenvalue weighted by atomic mass is 35.5. The van der Waals surface area contributed by atoms with E-state index >= 15 is 0 Å². The fourth-order valence-corrected chi connectivity index (χ4v) is 8.18. The van der Waals surface area contributed by atoms with E-state index in [0.717, 1.165) is 25.7 Å². The summed E-state index contributed by atoms with van der Waals surface area (Å²) in [5.41, 5.74) is 3.47. The van der Waals surface area contributed by atoms with E-state index in [4.69, 9.17) is 16.3 Å². The van der Waals surface area contributed by atoms with Gasteiger partial charge in [0.1, 0.15) is 11.3 Å². The molecule has 8 heteroatoms. The van der Waals surface area contributed by atoms with Crippen molar-refractivity contribution in [2.45, 2.75) is 88.0 Å². The third-order valence-electron chi connectivity index (χ3n) is 10.4. The van der Waals surface area contributed by atoms with Crippen molar-refractivity contribution in [2.75, 3.05) is 11.9 Å². The molecule has 43 heavy (non-hydrogen) atoms. The normalized spacial score (nSPS) is 28.1. The highest BCUT2D eigenvalue weighted by Gasteiger charge is 2.54. The van der Waals surface area contributed by atoms with Crippen molar-refractivity contribution in [3.63, 3.8) is 0 Å². The molecule has 228 valence electrons. The van der Waals surface area contributed by atoms with E-state index < -0.39 is 23.3 Å². The van der Waals surface area contributed by atoms with E-state index in [1.807, 2.05) is 12.1 Å². The number of carbonyl (C=O) groups is 1. The average molecular weight is 609 g/mol. The van der Waals surface area contributed by atoms with Gasteiger partial charge in [0.25, 0.3) is 5.92 Å². The third-order valence-corrected chi connectivity index (χ3v) is 10.7.